The third-order valence-corrected chi connectivity index (χ3v) is 4.43. The van der Waals surface area contributed by atoms with Crippen molar-refractivity contribution in [3.63, 3.8) is 0 Å². The second-order valence-corrected chi connectivity index (χ2v) is 6.55. The van der Waals surface area contributed by atoms with E-state index < -0.39 is 0 Å². The Balaban J connectivity index is 1.76. The summed E-state index contributed by atoms with van der Waals surface area (Å²) in [4.78, 5) is 23.7. The van der Waals surface area contributed by atoms with E-state index in [1.807, 2.05) is 19.1 Å². The summed E-state index contributed by atoms with van der Waals surface area (Å²) in [7, 11) is 0. The van der Waals surface area contributed by atoms with Gasteiger partial charge in [0.1, 0.15) is 0 Å². The van der Waals surface area contributed by atoms with Crippen LogP contribution in [-0.4, -0.2) is 24.2 Å². The van der Waals surface area contributed by atoms with Crippen LogP contribution in [-0.2, 0) is 15.3 Å². The first-order chi connectivity index (χ1) is 12.6. The van der Waals surface area contributed by atoms with Crippen LogP contribution in [0.2, 0.25) is 0 Å². The van der Waals surface area contributed by atoms with Crippen molar-refractivity contribution in [2.45, 2.75) is 19.1 Å². The molecule has 6 heteroatoms. The predicted octanol–water partition coefficient (Wildman–Crippen LogP) is 4.00. The van der Waals surface area contributed by atoms with Crippen molar-refractivity contribution >= 4 is 29.3 Å². The summed E-state index contributed by atoms with van der Waals surface area (Å²) in [5.41, 5.74) is 2.79. The van der Waals surface area contributed by atoms with Crippen molar-refractivity contribution in [2.75, 3.05) is 17.7 Å². The van der Waals surface area contributed by atoms with E-state index in [0.29, 0.717) is 34.9 Å². The number of nitriles is 1. The molecule has 5 nitrogen and oxygen atoms in total. The van der Waals surface area contributed by atoms with Crippen molar-refractivity contribution in [3.05, 3.63) is 65.2 Å². The first-order valence-electron chi connectivity index (χ1n) is 8.26. The van der Waals surface area contributed by atoms with E-state index in [1.165, 1.54) is 11.8 Å². The van der Waals surface area contributed by atoms with E-state index in [9.17, 15) is 9.59 Å². The summed E-state index contributed by atoms with van der Waals surface area (Å²) in [6, 6.07) is 16.0. The number of hydrogen-bond acceptors (Lipinski definition) is 5. The maximum Gasteiger partial charge on any atom is 0.338 e. The lowest BCUT2D eigenvalue weighted by Gasteiger charge is -2.07. The van der Waals surface area contributed by atoms with Crippen LogP contribution in [0.25, 0.3) is 0 Å². The van der Waals surface area contributed by atoms with Gasteiger partial charge in [-0.3, -0.25) is 4.79 Å². The second kappa shape index (κ2) is 10.3. The molecule has 26 heavy (non-hydrogen) atoms. The summed E-state index contributed by atoms with van der Waals surface area (Å²) < 4.78 is 5.06. The van der Waals surface area contributed by atoms with Crippen LogP contribution in [0.5, 0.6) is 0 Å². The monoisotopic (exact) mass is 368 g/mol. The van der Waals surface area contributed by atoms with Gasteiger partial charge in [0.2, 0.25) is 5.91 Å². The normalized spacial score (nSPS) is 10.0. The van der Waals surface area contributed by atoms with E-state index in [1.54, 1.807) is 36.4 Å². The molecule has 0 unspecified atom stereocenters. The zero-order valence-electron chi connectivity index (χ0n) is 14.5. The molecule has 0 bridgehead atoms. The zero-order chi connectivity index (χ0) is 18.8. The molecular formula is C20H20N2O3S. The molecule has 0 aliphatic carbocycles. The second-order valence-electron chi connectivity index (χ2n) is 5.56. The van der Waals surface area contributed by atoms with Crippen LogP contribution in [0.3, 0.4) is 0 Å². The van der Waals surface area contributed by atoms with Crippen LogP contribution in [0, 0.1) is 11.3 Å². The Kier molecular flexibility index (Phi) is 7.72. The number of anilines is 1. The van der Waals surface area contributed by atoms with E-state index >= 15 is 0 Å². The SMILES string of the molecule is CCCOC(=O)c1ccc(NC(=O)CSCc2ccc(C#N)cc2)cc1. The molecule has 0 saturated heterocycles. The van der Waals surface area contributed by atoms with Crippen molar-refractivity contribution < 1.29 is 14.3 Å². The van der Waals surface area contributed by atoms with Crippen molar-refractivity contribution in [3.8, 4) is 6.07 Å². The number of thioether (sulfide) groups is 1. The lowest BCUT2D eigenvalue weighted by atomic mass is 10.2. The Labute approximate surface area is 157 Å². The number of nitrogens with one attached hydrogen (secondary N) is 1. The highest BCUT2D eigenvalue weighted by Gasteiger charge is 2.08. The molecule has 0 heterocycles. The van der Waals surface area contributed by atoms with Crippen LogP contribution in [0.4, 0.5) is 5.69 Å². The number of rotatable bonds is 8. The van der Waals surface area contributed by atoms with Gasteiger partial charge >= 0.3 is 5.97 Å². The Bertz CT molecular complexity index is 780. The first-order valence-corrected chi connectivity index (χ1v) is 9.41. The van der Waals surface area contributed by atoms with Gasteiger partial charge in [0.05, 0.1) is 29.6 Å². The number of carbonyl (C=O) groups excluding carboxylic acids is 2. The minimum atomic E-state index is -0.359. The minimum Gasteiger partial charge on any atom is -0.462 e. The quantitative estimate of drug-likeness (QED) is 0.713. The molecule has 0 saturated carbocycles. The Morgan fingerprint density at radius 3 is 2.42 bits per heavy atom. The molecule has 0 aromatic heterocycles. The standard InChI is InChI=1S/C20H20N2O3S/c1-2-11-25-20(24)17-7-9-18(10-8-17)22-19(23)14-26-13-16-5-3-15(12-21)4-6-16/h3-10H,2,11,13-14H2,1H3,(H,22,23). The number of hydrogen-bond donors (Lipinski definition) is 1. The molecule has 1 amide bonds. The summed E-state index contributed by atoms with van der Waals surface area (Å²) in [5.74, 6) is 0.550. The molecule has 134 valence electrons. The number of amides is 1. The maximum atomic E-state index is 12.0. The van der Waals surface area contributed by atoms with Gasteiger partial charge in [-0.15, -0.1) is 11.8 Å². The van der Waals surface area contributed by atoms with Crippen LogP contribution in [0.15, 0.2) is 48.5 Å². The first kappa shape index (κ1) is 19.5. The molecule has 0 aliphatic rings. The van der Waals surface area contributed by atoms with E-state index in [0.717, 1.165) is 12.0 Å². The van der Waals surface area contributed by atoms with Gasteiger partial charge in [-0.25, -0.2) is 4.79 Å². The van der Waals surface area contributed by atoms with E-state index in [4.69, 9.17) is 10.00 Å². The minimum absolute atomic E-state index is 0.107. The smallest absolute Gasteiger partial charge is 0.338 e. The number of carbonyl (C=O) groups is 2. The largest absolute Gasteiger partial charge is 0.462 e. The zero-order valence-corrected chi connectivity index (χ0v) is 15.3. The Morgan fingerprint density at radius 1 is 1.12 bits per heavy atom. The van der Waals surface area contributed by atoms with Crippen molar-refractivity contribution in [1.29, 1.82) is 5.26 Å². The fourth-order valence-electron chi connectivity index (χ4n) is 2.10. The highest BCUT2D eigenvalue weighted by molar-refractivity contribution is 7.99. The number of esters is 1. The predicted molar refractivity (Wildman–Crippen MR) is 103 cm³/mol. The maximum absolute atomic E-state index is 12.0. The van der Waals surface area contributed by atoms with Crippen LogP contribution < -0.4 is 5.32 Å². The molecule has 0 spiro atoms. The Hall–Kier alpha value is -2.78. The molecule has 0 atom stereocenters. The van der Waals surface area contributed by atoms with E-state index in [-0.39, 0.29) is 11.9 Å². The van der Waals surface area contributed by atoms with Gasteiger partial charge in [0, 0.05) is 11.4 Å². The molecule has 2 rings (SSSR count). The van der Waals surface area contributed by atoms with Crippen molar-refractivity contribution in [2.24, 2.45) is 0 Å². The van der Waals surface area contributed by atoms with Crippen LogP contribution >= 0.6 is 11.8 Å². The average Bonchev–Trinajstić information content (AvgIpc) is 2.67. The lowest BCUT2D eigenvalue weighted by molar-refractivity contribution is -0.113. The molecular weight excluding hydrogens is 348 g/mol. The fourth-order valence-corrected chi connectivity index (χ4v) is 2.89. The average molecular weight is 368 g/mol. The highest BCUT2D eigenvalue weighted by Crippen LogP contribution is 2.15. The third-order valence-electron chi connectivity index (χ3n) is 3.43. The number of benzene rings is 2. The third kappa shape index (κ3) is 6.26. The van der Waals surface area contributed by atoms with Crippen LogP contribution in [0.1, 0.15) is 34.8 Å². The fraction of sp³-hybridized carbons (Fsp3) is 0.250. The topological polar surface area (TPSA) is 79.2 Å². The van der Waals surface area contributed by atoms with Gasteiger partial charge in [-0.1, -0.05) is 19.1 Å². The molecule has 2 aromatic carbocycles. The van der Waals surface area contributed by atoms with Crippen molar-refractivity contribution in [1.82, 2.24) is 0 Å². The Morgan fingerprint density at radius 2 is 1.81 bits per heavy atom. The van der Waals surface area contributed by atoms with Gasteiger partial charge in [0.25, 0.3) is 0 Å². The van der Waals surface area contributed by atoms with Gasteiger partial charge in [-0.05, 0) is 48.4 Å². The number of ether oxygens (including phenoxy) is 1. The van der Waals surface area contributed by atoms with Gasteiger partial charge in [0.15, 0.2) is 0 Å². The van der Waals surface area contributed by atoms with Gasteiger partial charge < -0.3 is 10.1 Å². The molecule has 1 N–H and O–H groups in total. The van der Waals surface area contributed by atoms with E-state index in [2.05, 4.69) is 11.4 Å². The number of nitrogens with zero attached hydrogens (tertiary/aromatic N) is 1. The molecule has 0 fully saturated rings. The summed E-state index contributed by atoms with van der Waals surface area (Å²) in [5, 5.41) is 11.6. The summed E-state index contributed by atoms with van der Waals surface area (Å²) in [6.07, 6.45) is 0.778. The van der Waals surface area contributed by atoms with Gasteiger partial charge in [-0.2, -0.15) is 5.26 Å². The highest BCUT2D eigenvalue weighted by atomic mass is 32.2. The molecule has 0 radical (unpaired) electrons. The lowest BCUT2D eigenvalue weighted by Crippen LogP contribution is -2.14. The molecule has 2 aromatic rings. The summed E-state index contributed by atoms with van der Waals surface area (Å²) in [6.45, 7) is 2.33. The summed E-state index contributed by atoms with van der Waals surface area (Å²) >= 11 is 1.50. The molecule has 0 aliphatic heterocycles.